The number of fused-ring (bicyclic) bond motifs is 2. The Kier molecular flexibility index (Phi) is 4.74. The lowest BCUT2D eigenvalue weighted by molar-refractivity contribution is -0.119. The third-order valence-corrected chi connectivity index (χ3v) is 5.96. The number of halogens is 1. The quantitative estimate of drug-likeness (QED) is 0.874. The number of amides is 1. The first-order chi connectivity index (χ1) is 12.6. The number of rotatable bonds is 3. The summed E-state index contributed by atoms with van der Waals surface area (Å²) in [5.41, 5.74) is 9.56. The topological polar surface area (TPSA) is 58.4 Å². The van der Waals surface area contributed by atoms with E-state index in [9.17, 15) is 4.79 Å². The Morgan fingerprint density at radius 2 is 1.92 bits per heavy atom. The number of nitrogens with zero attached hydrogens (tertiary/aromatic N) is 1. The van der Waals surface area contributed by atoms with Crippen molar-refractivity contribution in [3.05, 3.63) is 64.7 Å². The van der Waals surface area contributed by atoms with Crippen molar-refractivity contribution in [2.24, 2.45) is 5.73 Å². The molecular weight excluding hydrogens is 346 g/mol. The van der Waals surface area contributed by atoms with Gasteiger partial charge in [0.25, 0.3) is 0 Å². The molecule has 136 valence electrons. The van der Waals surface area contributed by atoms with Crippen LogP contribution in [0.15, 0.2) is 48.5 Å². The van der Waals surface area contributed by atoms with Gasteiger partial charge in [0.15, 0.2) is 0 Å². The lowest BCUT2D eigenvalue weighted by Crippen LogP contribution is -2.48. The number of hydrogen-bond donors (Lipinski definition) is 2. The molecule has 2 aromatic carbocycles. The monoisotopic (exact) mass is 369 g/mol. The summed E-state index contributed by atoms with van der Waals surface area (Å²) in [4.78, 5) is 15.1. The van der Waals surface area contributed by atoms with E-state index in [0.29, 0.717) is 13.0 Å². The van der Waals surface area contributed by atoms with Gasteiger partial charge in [-0.3, -0.25) is 4.79 Å². The third kappa shape index (κ3) is 3.13. The molecular formula is C21H24ClN3O. The van der Waals surface area contributed by atoms with E-state index in [0.717, 1.165) is 42.2 Å². The van der Waals surface area contributed by atoms with E-state index in [1.54, 1.807) is 0 Å². The highest BCUT2D eigenvalue weighted by Gasteiger charge is 2.45. The van der Waals surface area contributed by atoms with Crippen molar-refractivity contribution in [1.29, 1.82) is 0 Å². The van der Waals surface area contributed by atoms with Crippen LogP contribution in [-0.2, 0) is 16.6 Å². The number of carbonyl (C=O) groups is 1. The molecule has 1 atom stereocenters. The van der Waals surface area contributed by atoms with Gasteiger partial charge in [0, 0.05) is 22.7 Å². The first kappa shape index (κ1) is 17.5. The Bertz CT molecular complexity index is 802. The second-order valence-corrected chi connectivity index (χ2v) is 7.85. The molecule has 0 saturated carbocycles. The molecule has 2 aromatic rings. The maximum atomic E-state index is 13.2. The molecule has 4 nitrogen and oxygen atoms in total. The fourth-order valence-electron chi connectivity index (χ4n) is 4.33. The van der Waals surface area contributed by atoms with Crippen molar-refractivity contribution in [3.8, 4) is 0 Å². The summed E-state index contributed by atoms with van der Waals surface area (Å²) >= 11 is 6.28. The molecule has 0 aliphatic carbocycles. The van der Waals surface area contributed by atoms with Crippen molar-refractivity contribution >= 4 is 23.2 Å². The lowest BCUT2D eigenvalue weighted by atomic mass is 9.75. The summed E-state index contributed by atoms with van der Waals surface area (Å²) in [5, 5.41) is 4.15. The number of anilines is 1. The zero-order valence-corrected chi connectivity index (χ0v) is 15.5. The molecule has 0 aromatic heterocycles. The van der Waals surface area contributed by atoms with Gasteiger partial charge in [0.2, 0.25) is 5.91 Å². The molecule has 2 aliphatic heterocycles. The molecule has 5 heteroatoms. The highest BCUT2D eigenvalue weighted by molar-refractivity contribution is 6.30. The fourth-order valence-corrected chi connectivity index (χ4v) is 4.50. The number of benzene rings is 2. The Morgan fingerprint density at radius 3 is 2.65 bits per heavy atom. The van der Waals surface area contributed by atoms with Crippen molar-refractivity contribution in [1.82, 2.24) is 5.32 Å². The average Bonchev–Trinajstić information content (AvgIpc) is 2.96. The van der Waals surface area contributed by atoms with E-state index in [1.165, 1.54) is 5.56 Å². The van der Waals surface area contributed by atoms with E-state index in [1.807, 2.05) is 53.4 Å². The number of nitrogens with two attached hydrogens (primary N) is 1. The van der Waals surface area contributed by atoms with Crippen LogP contribution >= 0.6 is 11.6 Å². The fraction of sp³-hybridized carbons (Fsp3) is 0.381. The minimum Gasteiger partial charge on any atom is -0.320 e. The largest absolute Gasteiger partial charge is 0.320 e. The van der Waals surface area contributed by atoms with Gasteiger partial charge in [0.1, 0.15) is 0 Å². The molecule has 0 bridgehead atoms. The Labute approximate surface area is 159 Å². The molecule has 1 spiro atoms. The predicted molar refractivity (Wildman–Crippen MR) is 106 cm³/mol. The van der Waals surface area contributed by atoms with Gasteiger partial charge in [-0.1, -0.05) is 41.9 Å². The summed E-state index contributed by atoms with van der Waals surface area (Å²) in [6.45, 7) is 2.62. The number of piperidine rings is 1. The van der Waals surface area contributed by atoms with Gasteiger partial charge in [-0.15, -0.1) is 0 Å². The summed E-state index contributed by atoms with van der Waals surface area (Å²) in [5.74, 6) is -0.00664. The van der Waals surface area contributed by atoms with Crippen LogP contribution in [0, 0.1) is 0 Å². The van der Waals surface area contributed by atoms with E-state index < -0.39 is 6.04 Å². The summed E-state index contributed by atoms with van der Waals surface area (Å²) < 4.78 is 0. The smallest absolute Gasteiger partial charge is 0.244 e. The maximum absolute atomic E-state index is 13.2. The maximum Gasteiger partial charge on any atom is 0.244 e. The summed E-state index contributed by atoms with van der Waals surface area (Å²) in [7, 11) is 0. The molecule has 3 N–H and O–H groups in total. The van der Waals surface area contributed by atoms with Gasteiger partial charge in [0.05, 0.1) is 6.04 Å². The summed E-state index contributed by atoms with van der Waals surface area (Å²) in [6, 6.07) is 15.3. The minimum atomic E-state index is -0.544. The zero-order chi connectivity index (χ0) is 18.1. The molecule has 1 fully saturated rings. The van der Waals surface area contributed by atoms with Crippen LogP contribution in [0.3, 0.4) is 0 Å². The second-order valence-electron chi connectivity index (χ2n) is 7.41. The average molecular weight is 370 g/mol. The highest BCUT2D eigenvalue weighted by Crippen LogP contribution is 2.47. The van der Waals surface area contributed by atoms with Crippen LogP contribution in [0.25, 0.3) is 0 Å². The van der Waals surface area contributed by atoms with Crippen LogP contribution in [0.1, 0.15) is 24.0 Å². The number of carbonyl (C=O) groups excluding carboxylic acids is 1. The molecule has 2 heterocycles. The van der Waals surface area contributed by atoms with Crippen LogP contribution in [0.4, 0.5) is 5.69 Å². The minimum absolute atomic E-state index is 0.00634. The van der Waals surface area contributed by atoms with Gasteiger partial charge in [-0.2, -0.15) is 0 Å². The molecule has 0 radical (unpaired) electrons. The SMILES string of the molecule is N[C@H](Cc1ccccc1)C(=O)N1CC2(CCNCC2)c2cc(Cl)ccc21. The van der Waals surface area contributed by atoms with Crippen molar-refractivity contribution in [2.75, 3.05) is 24.5 Å². The lowest BCUT2D eigenvalue weighted by Gasteiger charge is -2.35. The Hall–Kier alpha value is -1.88. The number of nitrogens with one attached hydrogen (secondary N) is 1. The van der Waals surface area contributed by atoms with Crippen molar-refractivity contribution in [3.63, 3.8) is 0 Å². The van der Waals surface area contributed by atoms with Gasteiger partial charge < -0.3 is 16.0 Å². The first-order valence-corrected chi connectivity index (χ1v) is 9.58. The third-order valence-electron chi connectivity index (χ3n) is 5.72. The van der Waals surface area contributed by atoms with Gasteiger partial charge in [-0.25, -0.2) is 0 Å². The standard InChI is InChI=1S/C21H24ClN3O/c22-16-6-7-19-17(13-16)21(8-10-24-11-9-21)14-25(19)20(26)18(23)12-15-4-2-1-3-5-15/h1-7,13,18,24H,8-12,14,23H2/t18-/m1/s1. The number of hydrogen-bond acceptors (Lipinski definition) is 3. The Balaban J connectivity index is 1.62. The van der Waals surface area contributed by atoms with Gasteiger partial charge >= 0.3 is 0 Å². The van der Waals surface area contributed by atoms with Crippen molar-refractivity contribution in [2.45, 2.75) is 30.7 Å². The summed E-state index contributed by atoms with van der Waals surface area (Å²) in [6.07, 6.45) is 2.57. The van der Waals surface area contributed by atoms with Crippen molar-refractivity contribution < 1.29 is 4.79 Å². The molecule has 4 rings (SSSR count). The first-order valence-electron chi connectivity index (χ1n) is 9.21. The molecule has 0 unspecified atom stereocenters. The molecule has 2 aliphatic rings. The van der Waals surface area contributed by atoms with E-state index in [4.69, 9.17) is 17.3 Å². The highest BCUT2D eigenvalue weighted by atomic mass is 35.5. The van der Waals surface area contributed by atoms with Crippen LogP contribution < -0.4 is 16.0 Å². The molecule has 1 saturated heterocycles. The van der Waals surface area contributed by atoms with Crippen LogP contribution in [-0.4, -0.2) is 31.6 Å². The Morgan fingerprint density at radius 1 is 1.19 bits per heavy atom. The molecule has 1 amide bonds. The second kappa shape index (κ2) is 7.03. The zero-order valence-electron chi connectivity index (χ0n) is 14.7. The van der Waals surface area contributed by atoms with Crippen LogP contribution in [0.2, 0.25) is 5.02 Å². The molecule has 26 heavy (non-hydrogen) atoms. The normalized spacial score (nSPS) is 19.4. The van der Waals surface area contributed by atoms with Gasteiger partial charge in [-0.05, 0) is 61.7 Å². The van der Waals surface area contributed by atoms with Crippen LogP contribution in [0.5, 0.6) is 0 Å². The van der Waals surface area contributed by atoms with E-state index >= 15 is 0 Å². The predicted octanol–water partition coefficient (Wildman–Crippen LogP) is 2.88. The van der Waals surface area contributed by atoms with E-state index in [2.05, 4.69) is 5.32 Å². The van der Waals surface area contributed by atoms with E-state index in [-0.39, 0.29) is 11.3 Å².